The van der Waals surface area contributed by atoms with E-state index in [0.29, 0.717) is 22.1 Å². The second kappa shape index (κ2) is 5.59. The van der Waals surface area contributed by atoms with E-state index in [1.165, 1.54) is 12.1 Å². The van der Waals surface area contributed by atoms with Gasteiger partial charge in [-0.25, -0.2) is 4.39 Å². The Labute approximate surface area is 117 Å². The zero-order valence-corrected chi connectivity index (χ0v) is 11.5. The zero-order chi connectivity index (χ0) is 14.0. The fraction of sp³-hybridized carbons (Fsp3) is 0.200. The zero-order valence-electron chi connectivity index (χ0n) is 10.8. The predicted molar refractivity (Wildman–Crippen MR) is 75.3 cm³/mol. The third-order valence-corrected chi connectivity index (χ3v) is 3.13. The largest absolute Gasteiger partial charge is 0.456 e. The van der Waals surface area contributed by atoms with E-state index in [4.69, 9.17) is 22.1 Å². The first kappa shape index (κ1) is 13.8. The first-order valence-corrected chi connectivity index (χ1v) is 6.34. The first-order valence-electron chi connectivity index (χ1n) is 5.96. The van der Waals surface area contributed by atoms with Crippen molar-refractivity contribution in [2.75, 3.05) is 0 Å². The minimum atomic E-state index is -0.289. The summed E-state index contributed by atoms with van der Waals surface area (Å²) < 4.78 is 18.7. The van der Waals surface area contributed by atoms with Crippen LogP contribution in [0.5, 0.6) is 11.5 Å². The van der Waals surface area contributed by atoms with Gasteiger partial charge in [0.15, 0.2) is 0 Å². The molecule has 100 valence electrons. The summed E-state index contributed by atoms with van der Waals surface area (Å²) in [5.74, 6) is 0.820. The van der Waals surface area contributed by atoms with Gasteiger partial charge in [0.2, 0.25) is 0 Å². The Morgan fingerprint density at radius 2 is 1.84 bits per heavy atom. The van der Waals surface area contributed by atoms with Gasteiger partial charge in [0.25, 0.3) is 0 Å². The molecule has 2 aromatic carbocycles. The Balaban J connectivity index is 2.28. The molecule has 4 heteroatoms. The van der Waals surface area contributed by atoms with E-state index < -0.39 is 0 Å². The van der Waals surface area contributed by atoms with Gasteiger partial charge in [0.1, 0.15) is 17.3 Å². The number of aryl methyl sites for hydroxylation is 1. The lowest BCUT2D eigenvalue weighted by atomic mass is 10.1. The summed E-state index contributed by atoms with van der Waals surface area (Å²) in [4.78, 5) is 0. The normalized spacial score (nSPS) is 12.3. The second-order valence-electron chi connectivity index (χ2n) is 4.49. The Morgan fingerprint density at radius 1 is 1.16 bits per heavy atom. The Bertz CT molecular complexity index is 599. The summed E-state index contributed by atoms with van der Waals surface area (Å²) >= 11 is 6.15. The molecule has 0 fully saturated rings. The molecule has 0 saturated heterocycles. The van der Waals surface area contributed by atoms with Crippen molar-refractivity contribution in [3.05, 3.63) is 58.4 Å². The number of rotatable bonds is 3. The number of hydrogen-bond acceptors (Lipinski definition) is 2. The van der Waals surface area contributed by atoms with Crippen LogP contribution in [0.15, 0.2) is 36.4 Å². The van der Waals surface area contributed by atoms with Crippen molar-refractivity contribution in [2.45, 2.75) is 19.9 Å². The molecule has 2 aromatic rings. The van der Waals surface area contributed by atoms with Gasteiger partial charge in [0.05, 0.1) is 5.02 Å². The van der Waals surface area contributed by atoms with Crippen LogP contribution in [0.3, 0.4) is 0 Å². The van der Waals surface area contributed by atoms with Crippen molar-refractivity contribution in [1.82, 2.24) is 0 Å². The number of nitrogens with two attached hydrogens (primary N) is 1. The quantitative estimate of drug-likeness (QED) is 0.891. The summed E-state index contributed by atoms with van der Waals surface area (Å²) in [5.41, 5.74) is 7.44. The van der Waals surface area contributed by atoms with E-state index in [1.54, 1.807) is 25.1 Å². The summed E-state index contributed by atoms with van der Waals surface area (Å²) in [6.07, 6.45) is 0. The van der Waals surface area contributed by atoms with Gasteiger partial charge in [-0.2, -0.15) is 0 Å². The highest BCUT2D eigenvalue weighted by atomic mass is 35.5. The molecule has 0 unspecified atom stereocenters. The second-order valence-corrected chi connectivity index (χ2v) is 4.90. The van der Waals surface area contributed by atoms with Crippen LogP contribution >= 0.6 is 11.6 Å². The van der Waals surface area contributed by atoms with Gasteiger partial charge in [0, 0.05) is 6.04 Å². The molecule has 1 atom stereocenters. The Morgan fingerprint density at radius 3 is 2.42 bits per heavy atom. The molecule has 2 rings (SSSR count). The van der Waals surface area contributed by atoms with Gasteiger partial charge in [-0.05, 0) is 55.3 Å². The smallest absolute Gasteiger partial charge is 0.146 e. The van der Waals surface area contributed by atoms with Crippen LogP contribution in [-0.2, 0) is 0 Å². The van der Waals surface area contributed by atoms with Gasteiger partial charge in [-0.1, -0.05) is 17.7 Å². The third-order valence-electron chi connectivity index (χ3n) is 2.84. The molecule has 0 spiro atoms. The van der Waals surface area contributed by atoms with Gasteiger partial charge < -0.3 is 10.5 Å². The molecule has 0 heterocycles. The Kier molecular flexibility index (Phi) is 4.08. The highest BCUT2D eigenvalue weighted by Gasteiger charge is 2.08. The lowest BCUT2D eigenvalue weighted by Gasteiger charge is -2.12. The predicted octanol–water partition coefficient (Wildman–Crippen LogP) is 4.60. The van der Waals surface area contributed by atoms with Crippen LogP contribution in [0.1, 0.15) is 24.1 Å². The number of ether oxygens (including phenoxy) is 1. The molecule has 0 amide bonds. The maximum atomic E-state index is 13.0. The molecule has 0 aliphatic rings. The van der Waals surface area contributed by atoms with Gasteiger partial charge in [-0.15, -0.1) is 0 Å². The maximum absolute atomic E-state index is 13.0. The lowest BCUT2D eigenvalue weighted by Crippen LogP contribution is -2.04. The van der Waals surface area contributed by atoms with E-state index in [0.717, 1.165) is 5.56 Å². The first-order chi connectivity index (χ1) is 8.97. The number of benzene rings is 2. The topological polar surface area (TPSA) is 35.2 Å². The van der Waals surface area contributed by atoms with Crippen LogP contribution in [0.4, 0.5) is 4.39 Å². The third kappa shape index (κ3) is 3.25. The molecular formula is C15H15ClFNO. The van der Waals surface area contributed by atoms with E-state index in [-0.39, 0.29) is 11.9 Å². The standard InChI is InChI=1S/C15H15ClFNO/c1-9-7-12(17)4-6-14(9)19-15-5-3-11(10(2)18)8-13(15)16/h3-8,10H,18H2,1-2H3/t10-/m1/s1. The van der Waals surface area contributed by atoms with Crippen LogP contribution in [0.2, 0.25) is 5.02 Å². The van der Waals surface area contributed by atoms with Gasteiger partial charge in [-0.3, -0.25) is 0 Å². The highest BCUT2D eigenvalue weighted by Crippen LogP contribution is 2.32. The van der Waals surface area contributed by atoms with E-state index in [9.17, 15) is 4.39 Å². The summed E-state index contributed by atoms with van der Waals surface area (Å²) in [7, 11) is 0. The average molecular weight is 280 g/mol. The molecule has 19 heavy (non-hydrogen) atoms. The number of hydrogen-bond donors (Lipinski definition) is 1. The molecule has 0 bridgehead atoms. The fourth-order valence-corrected chi connectivity index (χ4v) is 1.96. The van der Waals surface area contributed by atoms with Crippen LogP contribution in [0.25, 0.3) is 0 Å². The lowest BCUT2D eigenvalue weighted by molar-refractivity contribution is 0.476. The molecule has 2 N–H and O–H groups in total. The summed E-state index contributed by atoms with van der Waals surface area (Å²) in [5, 5.41) is 0.485. The maximum Gasteiger partial charge on any atom is 0.146 e. The number of halogens is 2. The van der Waals surface area contributed by atoms with Crippen LogP contribution in [0, 0.1) is 12.7 Å². The van der Waals surface area contributed by atoms with Crippen molar-refractivity contribution >= 4 is 11.6 Å². The SMILES string of the molecule is Cc1cc(F)ccc1Oc1ccc([C@@H](C)N)cc1Cl. The molecule has 0 aliphatic carbocycles. The fourth-order valence-electron chi connectivity index (χ4n) is 1.73. The van der Waals surface area contributed by atoms with Crippen molar-refractivity contribution < 1.29 is 9.13 Å². The molecule has 0 aromatic heterocycles. The van der Waals surface area contributed by atoms with E-state index in [2.05, 4.69) is 0 Å². The minimum absolute atomic E-state index is 0.0842. The van der Waals surface area contributed by atoms with Crippen molar-refractivity contribution in [2.24, 2.45) is 5.73 Å². The molecule has 0 aliphatic heterocycles. The van der Waals surface area contributed by atoms with Crippen molar-refractivity contribution in [3.8, 4) is 11.5 Å². The van der Waals surface area contributed by atoms with Crippen LogP contribution < -0.4 is 10.5 Å². The average Bonchev–Trinajstić information content (AvgIpc) is 2.34. The van der Waals surface area contributed by atoms with Gasteiger partial charge >= 0.3 is 0 Å². The Hall–Kier alpha value is -1.58. The molecular weight excluding hydrogens is 265 g/mol. The highest BCUT2D eigenvalue weighted by molar-refractivity contribution is 6.32. The van der Waals surface area contributed by atoms with E-state index in [1.807, 2.05) is 13.0 Å². The minimum Gasteiger partial charge on any atom is -0.456 e. The molecule has 2 nitrogen and oxygen atoms in total. The monoisotopic (exact) mass is 279 g/mol. The summed E-state index contributed by atoms with van der Waals surface area (Å²) in [6.45, 7) is 3.67. The van der Waals surface area contributed by atoms with E-state index >= 15 is 0 Å². The summed E-state index contributed by atoms with van der Waals surface area (Å²) in [6, 6.07) is 9.68. The van der Waals surface area contributed by atoms with Crippen molar-refractivity contribution in [1.29, 1.82) is 0 Å². The molecule has 0 saturated carbocycles. The van der Waals surface area contributed by atoms with Crippen molar-refractivity contribution in [3.63, 3.8) is 0 Å². The molecule has 0 radical (unpaired) electrons. The van der Waals surface area contributed by atoms with Crippen LogP contribution in [-0.4, -0.2) is 0 Å².